The molecule has 0 radical (unpaired) electrons. The summed E-state index contributed by atoms with van der Waals surface area (Å²) in [6, 6.07) is 16.3. The number of fused-ring (bicyclic) bond motifs is 3. The number of carbonyl (C=O) groups excluding carboxylic acids is 2. The summed E-state index contributed by atoms with van der Waals surface area (Å²) in [7, 11) is 0. The van der Waals surface area contributed by atoms with Crippen LogP contribution in [0, 0.1) is 11.8 Å². The minimum absolute atomic E-state index is 0.00868. The molecule has 7 heteroatoms. The second kappa shape index (κ2) is 11.2. The van der Waals surface area contributed by atoms with Gasteiger partial charge in [-0.05, 0) is 47.9 Å². The molecule has 2 aliphatic carbocycles. The lowest BCUT2D eigenvalue weighted by Gasteiger charge is -2.28. The number of benzene rings is 2. The van der Waals surface area contributed by atoms with Gasteiger partial charge in [0.05, 0.1) is 5.92 Å². The third-order valence-corrected chi connectivity index (χ3v) is 7.11. The molecule has 0 heterocycles. The van der Waals surface area contributed by atoms with Crippen LogP contribution in [0.4, 0.5) is 4.79 Å². The number of hydrogen-bond acceptors (Lipinski definition) is 4. The number of carbonyl (C=O) groups is 3. The Balaban J connectivity index is 1.23. The zero-order chi connectivity index (χ0) is 24.8. The molecule has 4 rings (SSSR count). The van der Waals surface area contributed by atoms with E-state index in [-0.39, 0.29) is 30.9 Å². The van der Waals surface area contributed by atoms with Crippen LogP contribution in [0.3, 0.4) is 0 Å². The zero-order valence-corrected chi connectivity index (χ0v) is 20.0. The number of ether oxygens (including phenoxy) is 1. The summed E-state index contributed by atoms with van der Waals surface area (Å²) in [4.78, 5) is 36.1. The molecular formula is C28H32N2O5. The second-order valence-electron chi connectivity index (χ2n) is 9.29. The first kappa shape index (κ1) is 24.5. The van der Waals surface area contributed by atoms with Gasteiger partial charge in [0.1, 0.15) is 6.61 Å². The molecule has 2 aromatic rings. The minimum atomic E-state index is -0.788. The first-order valence-electron chi connectivity index (χ1n) is 12.2. The van der Waals surface area contributed by atoms with Crippen molar-refractivity contribution in [2.75, 3.05) is 19.7 Å². The molecule has 0 aliphatic heterocycles. The van der Waals surface area contributed by atoms with Crippen molar-refractivity contribution in [3.8, 4) is 11.1 Å². The van der Waals surface area contributed by atoms with Crippen molar-refractivity contribution >= 4 is 18.0 Å². The lowest BCUT2D eigenvalue weighted by Crippen LogP contribution is -2.37. The summed E-state index contributed by atoms with van der Waals surface area (Å²) in [5.41, 5.74) is 5.11. The summed E-state index contributed by atoms with van der Waals surface area (Å²) in [5.74, 6) is -1.50. The molecule has 1 fully saturated rings. The summed E-state index contributed by atoms with van der Waals surface area (Å²) in [5, 5.41) is 14.9. The minimum Gasteiger partial charge on any atom is -0.481 e. The lowest BCUT2D eigenvalue weighted by atomic mass is 9.79. The maximum absolute atomic E-state index is 12.4. The van der Waals surface area contributed by atoms with Crippen molar-refractivity contribution in [2.24, 2.45) is 11.8 Å². The first-order chi connectivity index (χ1) is 17.0. The zero-order valence-electron chi connectivity index (χ0n) is 20.0. The molecule has 0 unspecified atom stereocenters. The summed E-state index contributed by atoms with van der Waals surface area (Å²) in [6.07, 6.45) is 4.47. The fourth-order valence-electron chi connectivity index (χ4n) is 5.17. The van der Waals surface area contributed by atoms with Gasteiger partial charge in [-0.1, -0.05) is 67.4 Å². The standard InChI is InChI=1S/C28H32N2O5/c1-18(26(31)30-16-19-8-2-3-9-20(19)27(32)33)14-15-29-28(34)35-17-25-23-12-6-4-10-21(23)22-11-5-7-13-24(22)25/h4-7,10-14,19-20,25H,2-3,8-9,15-17H2,1H3,(H,29,34)(H,30,31)(H,32,33)/b18-14+/t19-,20-/m0/s1. The maximum Gasteiger partial charge on any atom is 0.407 e. The monoisotopic (exact) mass is 476 g/mol. The van der Waals surface area contributed by atoms with Crippen LogP contribution >= 0.6 is 0 Å². The Bertz CT molecular complexity index is 1080. The smallest absolute Gasteiger partial charge is 0.407 e. The molecule has 1 saturated carbocycles. The summed E-state index contributed by atoms with van der Waals surface area (Å²) < 4.78 is 5.51. The van der Waals surface area contributed by atoms with E-state index >= 15 is 0 Å². The van der Waals surface area contributed by atoms with Crippen molar-refractivity contribution in [1.29, 1.82) is 0 Å². The van der Waals surface area contributed by atoms with Crippen molar-refractivity contribution in [3.63, 3.8) is 0 Å². The van der Waals surface area contributed by atoms with Gasteiger partial charge in [0, 0.05) is 24.6 Å². The molecule has 184 valence electrons. The molecule has 0 spiro atoms. The molecule has 2 amide bonds. The second-order valence-corrected chi connectivity index (χ2v) is 9.29. The highest BCUT2D eigenvalue weighted by Gasteiger charge is 2.31. The molecule has 0 bridgehead atoms. The van der Waals surface area contributed by atoms with Crippen LogP contribution < -0.4 is 10.6 Å². The van der Waals surface area contributed by atoms with Gasteiger partial charge >= 0.3 is 12.1 Å². The Kier molecular flexibility index (Phi) is 7.85. The van der Waals surface area contributed by atoms with Crippen molar-refractivity contribution in [3.05, 3.63) is 71.3 Å². The number of alkyl carbamates (subject to hydrolysis) is 1. The van der Waals surface area contributed by atoms with Gasteiger partial charge in [0.25, 0.3) is 0 Å². The fraction of sp³-hybridized carbons (Fsp3) is 0.393. The van der Waals surface area contributed by atoms with Crippen LogP contribution in [0.2, 0.25) is 0 Å². The Morgan fingerprint density at radius 3 is 2.26 bits per heavy atom. The number of rotatable bonds is 8. The normalized spacial score (nSPS) is 19.4. The van der Waals surface area contributed by atoms with Gasteiger partial charge in [-0.2, -0.15) is 0 Å². The van der Waals surface area contributed by atoms with Gasteiger partial charge in [0.15, 0.2) is 0 Å². The highest BCUT2D eigenvalue weighted by Crippen LogP contribution is 2.44. The molecule has 3 N–H and O–H groups in total. The van der Waals surface area contributed by atoms with Gasteiger partial charge in [-0.25, -0.2) is 4.79 Å². The fourth-order valence-corrected chi connectivity index (χ4v) is 5.17. The van der Waals surface area contributed by atoms with E-state index in [2.05, 4.69) is 34.9 Å². The molecular weight excluding hydrogens is 444 g/mol. The van der Waals surface area contributed by atoms with Crippen molar-refractivity contribution in [2.45, 2.75) is 38.5 Å². The SMILES string of the molecule is C/C(=C\CNC(=O)OCC1c2ccccc2-c2ccccc21)C(=O)NC[C@@H]1CCCC[C@@H]1C(=O)O. The third kappa shape index (κ3) is 5.73. The first-order valence-corrected chi connectivity index (χ1v) is 12.2. The molecule has 2 atom stereocenters. The maximum atomic E-state index is 12.4. The average molecular weight is 477 g/mol. The van der Waals surface area contributed by atoms with E-state index in [1.54, 1.807) is 13.0 Å². The van der Waals surface area contributed by atoms with Gasteiger partial charge < -0.3 is 20.5 Å². The number of carboxylic acids is 1. The molecule has 0 saturated heterocycles. The number of aliphatic carboxylic acids is 1. The van der Waals surface area contributed by atoms with Crippen molar-refractivity contribution in [1.82, 2.24) is 10.6 Å². The van der Waals surface area contributed by atoms with E-state index in [1.807, 2.05) is 24.3 Å². The van der Waals surface area contributed by atoms with Crippen LogP contribution in [0.5, 0.6) is 0 Å². The van der Waals surface area contributed by atoms with E-state index in [1.165, 1.54) is 11.1 Å². The number of nitrogens with one attached hydrogen (secondary N) is 2. The Labute approximate surface area is 205 Å². The molecule has 7 nitrogen and oxygen atoms in total. The van der Waals surface area contributed by atoms with Crippen LogP contribution in [0.15, 0.2) is 60.2 Å². The Morgan fingerprint density at radius 2 is 1.60 bits per heavy atom. The van der Waals surface area contributed by atoms with Gasteiger partial charge in [0.2, 0.25) is 5.91 Å². The highest BCUT2D eigenvalue weighted by atomic mass is 16.5. The number of carboxylic acid groups (broad SMARTS) is 1. The molecule has 35 heavy (non-hydrogen) atoms. The predicted molar refractivity (Wildman–Crippen MR) is 133 cm³/mol. The average Bonchev–Trinajstić information content (AvgIpc) is 3.19. The Hall–Kier alpha value is -3.61. The highest BCUT2D eigenvalue weighted by molar-refractivity contribution is 5.92. The predicted octanol–water partition coefficient (Wildman–Crippen LogP) is 4.48. The summed E-state index contributed by atoms with van der Waals surface area (Å²) >= 11 is 0. The van der Waals surface area contributed by atoms with Gasteiger partial charge in [-0.15, -0.1) is 0 Å². The number of hydrogen-bond donors (Lipinski definition) is 3. The van der Waals surface area contributed by atoms with E-state index < -0.39 is 18.0 Å². The Morgan fingerprint density at radius 1 is 0.971 bits per heavy atom. The van der Waals surface area contributed by atoms with E-state index in [9.17, 15) is 19.5 Å². The quantitative estimate of drug-likeness (QED) is 0.488. The molecule has 0 aromatic heterocycles. The topological polar surface area (TPSA) is 105 Å². The van der Waals surface area contributed by atoms with Crippen molar-refractivity contribution < 1.29 is 24.2 Å². The van der Waals surface area contributed by atoms with E-state index in [4.69, 9.17) is 4.74 Å². The summed E-state index contributed by atoms with van der Waals surface area (Å²) in [6.45, 7) is 2.41. The van der Waals surface area contributed by atoms with Crippen LogP contribution in [0.25, 0.3) is 11.1 Å². The van der Waals surface area contributed by atoms with E-state index in [0.717, 1.165) is 30.4 Å². The van der Waals surface area contributed by atoms with E-state index in [0.29, 0.717) is 18.5 Å². The van der Waals surface area contributed by atoms with Gasteiger partial charge in [-0.3, -0.25) is 9.59 Å². The molecule has 2 aliphatic rings. The van der Waals surface area contributed by atoms with Crippen LogP contribution in [-0.2, 0) is 14.3 Å². The largest absolute Gasteiger partial charge is 0.481 e. The van der Waals surface area contributed by atoms with Crippen LogP contribution in [0.1, 0.15) is 49.7 Å². The van der Waals surface area contributed by atoms with Crippen LogP contribution in [-0.4, -0.2) is 42.8 Å². The third-order valence-electron chi connectivity index (χ3n) is 7.11. The number of amides is 2. The lowest BCUT2D eigenvalue weighted by molar-refractivity contribution is -0.145. The molecule has 2 aromatic carbocycles.